The van der Waals surface area contributed by atoms with Crippen molar-refractivity contribution >= 4 is 11.7 Å². The van der Waals surface area contributed by atoms with Crippen LogP contribution in [0.3, 0.4) is 0 Å². The van der Waals surface area contributed by atoms with Crippen molar-refractivity contribution in [3.05, 3.63) is 42.0 Å². The Morgan fingerprint density at radius 1 is 1.42 bits per heavy atom. The van der Waals surface area contributed by atoms with Crippen LogP contribution in [0.5, 0.6) is 0 Å². The van der Waals surface area contributed by atoms with Gasteiger partial charge >= 0.3 is 5.97 Å². The first-order valence-corrected chi connectivity index (χ1v) is 6.89. The van der Waals surface area contributed by atoms with E-state index in [1.165, 1.54) is 12.0 Å². The van der Waals surface area contributed by atoms with Crippen molar-refractivity contribution in [3.63, 3.8) is 0 Å². The third-order valence-corrected chi connectivity index (χ3v) is 3.62. The highest BCUT2D eigenvalue weighted by Gasteiger charge is 2.20. The van der Waals surface area contributed by atoms with E-state index in [-0.39, 0.29) is 6.42 Å². The van der Waals surface area contributed by atoms with Gasteiger partial charge in [0.15, 0.2) is 0 Å². The van der Waals surface area contributed by atoms with Gasteiger partial charge < -0.3 is 10.0 Å². The molecule has 0 aliphatic heterocycles. The number of aryl methyl sites for hydroxylation is 1. The summed E-state index contributed by atoms with van der Waals surface area (Å²) in [4.78, 5) is 13.1. The van der Waals surface area contributed by atoms with Gasteiger partial charge in [-0.1, -0.05) is 30.4 Å². The Balaban J connectivity index is 2.22. The van der Waals surface area contributed by atoms with Crippen molar-refractivity contribution in [2.75, 3.05) is 11.4 Å². The maximum atomic E-state index is 10.9. The minimum Gasteiger partial charge on any atom is -0.481 e. The molecule has 0 heterocycles. The van der Waals surface area contributed by atoms with E-state index in [1.807, 2.05) is 12.1 Å². The third-order valence-electron chi connectivity index (χ3n) is 3.62. The lowest BCUT2D eigenvalue weighted by atomic mass is 9.99. The van der Waals surface area contributed by atoms with Gasteiger partial charge in [-0.3, -0.25) is 4.79 Å². The second kappa shape index (κ2) is 6.41. The molecule has 1 aliphatic rings. The molecular formula is C16H21NO2. The lowest BCUT2D eigenvalue weighted by molar-refractivity contribution is -0.136. The van der Waals surface area contributed by atoms with E-state index in [2.05, 4.69) is 36.1 Å². The number of anilines is 1. The Morgan fingerprint density at radius 3 is 2.84 bits per heavy atom. The zero-order chi connectivity index (χ0) is 13.7. The molecule has 0 saturated carbocycles. The summed E-state index contributed by atoms with van der Waals surface area (Å²) in [6.45, 7) is 2.64. The number of benzene rings is 1. The lowest BCUT2D eigenvalue weighted by Crippen LogP contribution is -2.37. The number of para-hydroxylation sites is 1. The molecule has 0 fully saturated rings. The van der Waals surface area contributed by atoms with Crippen molar-refractivity contribution in [3.8, 4) is 0 Å². The van der Waals surface area contributed by atoms with E-state index in [0.717, 1.165) is 18.5 Å². The number of carbonyl (C=O) groups is 1. The van der Waals surface area contributed by atoms with Gasteiger partial charge in [0.05, 0.1) is 6.42 Å². The van der Waals surface area contributed by atoms with Gasteiger partial charge in [0.1, 0.15) is 0 Å². The molecule has 0 amide bonds. The first-order chi connectivity index (χ1) is 9.18. The average Bonchev–Trinajstić information content (AvgIpc) is 2.42. The van der Waals surface area contributed by atoms with Gasteiger partial charge in [-0.15, -0.1) is 0 Å². The van der Waals surface area contributed by atoms with Crippen molar-refractivity contribution in [2.45, 2.75) is 38.6 Å². The number of allylic oxidation sites excluding steroid dienone is 1. The van der Waals surface area contributed by atoms with E-state index >= 15 is 0 Å². The van der Waals surface area contributed by atoms with Gasteiger partial charge in [-0.25, -0.2) is 0 Å². The van der Waals surface area contributed by atoms with Crippen molar-refractivity contribution < 1.29 is 9.90 Å². The molecular weight excluding hydrogens is 238 g/mol. The molecule has 3 nitrogen and oxygen atoms in total. The van der Waals surface area contributed by atoms with Crippen LogP contribution >= 0.6 is 0 Å². The Kier molecular flexibility index (Phi) is 4.61. The van der Waals surface area contributed by atoms with Crippen molar-refractivity contribution in [2.24, 2.45) is 0 Å². The Morgan fingerprint density at radius 2 is 2.21 bits per heavy atom. The van der Waals surface area contributed by atoms with Crippen molar-refractivity contribution in [1.82, 2.24) is 0 Å². The summed E-state index contributed by atoms with van der Waals surface area (Å²) < 4.78 is 0. The second-order valence-corrected chi connectivity index (χ2v) is 5.05. The molecule has 0 bridgehead atoms. The molecule has 0 radical (unpaired) electrons. The molecule has 0 saturated heterocycles. The summed E-state index contributed by atoms with van der Waals surface area (Å²) in [5.74, 6) is -0.738. The quantitative estimate of drug-likeness (QED) is 0.824. The van der Waals surface area contributed by atoms with E-state index in [4.69, 9.17) is 5.11 Å². The van der Waals surface area contributed by atoms with E-state index in [0.29, 0.717) is 12.6 Å². The fourth-order valence-corrected chi connectivity index (χ4v) is 2.62. The van der Waals surface area contributed by atoms with Crippen LogP contribution < -0.4 is 4.90 Å². The summed E-state index contributed by atoms with van der Waals surface area (Å²) >= 11 is 0. The largest absolute Gasteiger partial charge is 0.481 e. The topological polar surface area (TPSA) is 40.5 Å². The molecule has 3 heteroatoms. The Labute approximate surface area is 114 Å². The number of nitrogens with zero attached hydrogens (tertiary/aromatic N) is 1. The van der Waals surface area contributed by atoms with Crippen LogP contribution in [0.15, 0.2) is 36.4 Å². The molecule has 1 unspecified atom stereocenters. The SMILES string of the molecule is Cc1ccccc1N(CCC(=O)O)C1C=CCCC1. The molecule has 2 rings (SSSR count). The smallest absolute Gasteiger partial charge is 0.305 e. The predicted molar refractivity (Wildman–Crippen MR) is 77.6 cm³/mol. The van der Waals surface area contributed by atoms with Crippen LogP contribution in [0.1, 0.15) is 31.2 Å². The average molecular weight is 259 g/mol. The molecule has 1 aromatic carbocycles. The summed E-state index contributed by atoms with van der Waals surface area (Å²) in [5.41, 5.74) is 2.35. The highest BCUT2D eigenvalue weighted by Crippen LogP contribution is 2.26. The minimum atomic E-state index is -0.738. The van der Waals surface area contributed by atoms with E-state index in [1.54, 1.807) is 0 Å². The van der Waals surface area contributed by atoms with Crippen LogP contribution in [0, 0.1) is 6.92 Å². The molecule has 102 valence electrons. The summed E-state index contributed by atoms with van der Waals surface area (Å²) in [6, 6.07) is 8.53. The molecule has 1 N–H and O–H groups in total. The second-order valence-electron chi connectivity index (χ2n) is 5.05. The van der Waals surface area contributed by atoms with Crippen molar-refractivity contribution in [1.29, 1.82) is 0 Å². The van der Waals surface area contributed by atoms with Crippen LogP contribution in [-0.4, -0.2) is 23.7 Å². The number of carboxylic acids is 1. The van der Waals surface area contributed by atoms with Gasteiger partial charge in [0.2, 0.25) is 0 Å². The van der Waals surface area contributed by atoms with Gasteiger partial charge in [0, 0.05) is 18.3 Å². The van der Waals surface area contributed by atoms with E-state index < -0.39 is 5.97 Å². The number of rotatable bonds is 5. The summed E-state index contributed by atoms with van der Waals surface area (Å²) in [5, 5.41) is 8.93. The number of hydrogen-bond donors (Lipinski definition) is 1. The molecule has 19 heavy (non-hydrogen) atoms. The van der Waals surface area contributed by atoms with Crippen LogP contribution in [-0.2, 0) is 4.79 Å². The Hall–Kier alpha value is -1.77. The normalized spacial score (nSPS) is 18.3. The molecule has 0 spiro atoms. The molecule has 1 atom stereocenters. The van der Waals surface area contributed by atoms with Gasteiger partial charge in [0.25, 0.3) is 0 Å². The predicted octanol–water partition coefficient (Wildman–Crippen LogP) is 3.38. The first-order valence-electron chi connectivity index (χ1n) is 6.89. The fraction of sp³-hybridized carbons (Fsp3) is 0.438. The highest BCUT2D eigenvalue weighted by atomic mass is 16.4. The zero-order valence-corrected chi connectivity index (χ0v) is 11.4. The monoisotopic (exact) mass is 259 g/mol. The lowest BCUT2D eigenvalue weighted by Gasteiger charge is -2.34. The molecule has 0 aromatic heterocycles. The van der Waals surface area contributed by atoms with Crippen LogP contribution in [0.4, 0.5) is 5.69 Å². The first kappa shape index (κ1) is 13.7. The standard InChI is InChI=1S/C16H21NO2/c1-13-7-5-6-10-15(13)17(12-11-16(18)19)14-8-3-2-4-9-14/h3,5-8,10,14H,2,4,9,11-12H2,1H3,(H,18,19). The fourth-order valence-electron chi connectivity index (χ4n) is 2.62. The molecule has 1 aromatic rings. The maximum Gasteiger partial charge on any atom is 0.305 e. The summed E-state index contributed by atoms with van der Waals surface area (Å²) in [7, 11) is 0. The van der Waals surface area contributed by atoms with Crippen LogP contribution in [0.25, 0.3) is 0 Å². The summed E-state index contributed by atoms with van der Waals surface area (Å²) in [6.07, 6.45) is 8.02. The molecule has 1 aliphatic carbocycles. The Bertz CT molecular complexity index is 468. The van der Waals surface area contributed by atoms with Gasteiger partial charge in [-0.05, 0) is 37.8 Å². The number of aliphatic carboxylic acids is 1. The number of carboxylic acid groups (broad SMARTS) is 1. The third kappa shape index (κ3) is 3.60. The zero-order valence-electron chi connectivity index (χ0n) is 11.4. The van der Waals surface area contributed by atoms with Gasteiger partial charge in [-0.2, -0.15) is 0 Å². The number of hydrogen-bond acceptors (Lipinski definition) is 2. The maximum absolute atomic E-state index is 10.9. The highest BCUT2D eigenvalue weighted by molar-refractivity contribution is 5.68. The van der Waals surface area contributed by atoms with Crippen LogP contribution in [0.2, 0.25) is 0 Å². The van der Waals surface area contributed by atoms with E-state index in [9.17, 15) is 4.79 Å². The minimum absolute atomic E-state index is 0.179.